The van der Waals surface area contributed by atoms with Crippen molar-refractivity contribution >= 4 is 28.4 Å². The Kier molecular flexibility index (Phi) is 4.94. The number of hydrogen-bond acceptors (Lipinski definition) is 1. The Morgan fingerprint density at radius 2 is 1.44 bits per heavy atom. The van der Waals surface area contributed by atoms with Gasteiger partial charge in [-0.3, -0.25) is 4.79 Å². The number of hydrogen-bond donors (Lipinski definition) is 0. The van der Waals surface area contributed by atoms with Crippen LogP contribution in [0.3, 0.4) is 0 Å². The lowest BCUT2D eigenvalue weighted by atomic mass is 9.93. The lowest BCUT2D eigenvalue weighted by Crippen LogP contribution is -2.06. The second kappa shape index (κ2) is 7.00. The van der Waals surface area contributed by atoms with Gasteiger partial charge in [-0.05, 0) is 46.4 Å². The Balaban J connectivity index is 2.09. The van der Waals surface area contributed by atoms with E-state index in [2.05, 4.69) is 22.6 Å². The Morgan fingerprint density at radius 1 is 0.800 bits per heavy atom. The molecule has 1 nitrogen and oxygen atoms in total. The van der Waals surface area contributed by atoms with Gasteiger partial charge in [0.1, 0.15) is 0 Å². The van der Waals surface area contributed by atoms with E-state index >= 15 is 0 Å². The summed E-state index contributed by atoms with van der Waals surface area (Å²) in [5, 5.41) is 0. The molecule has 0 saturated heterocycles. The number of benzene rings is 3. The summed E-state index contributed by atoms with van der Waals surface area (Å²) in [6.45, 7) is 0. The van der Waals surface area contributed by atoms with Gasteiger partial charge in [0.05, 0.1) is 5.56 Å². The summed E-state index contributed by atoms with van der Waals surface area (Å²) in [6.07, 6.45) is -4.38. The molecule has 0 radical (unpaired) electrons. The zero-order valence-corrected chi connectivity index (χ0v) is 15.0. The number of carbonyl (C=O) groups excluding carboxylic acids is 1. The van der Waals surface area contributed by atoms with Crippen LogP contribution in [0.1, 0.15) is 21.5 Å². The lowest BCUT2D eigenvalue weighted by Gasteiger charge is -2.13. The molecule has 0 spiro atoms. The first-order valence-corrected chi connectivity index (χ1v) is 8.51. The predicted molar refractivity (Wildman–Crippen MR) is 99.5 cm³/mol. The summed E-state index contributed by atoms with van der Waals surface area (Å²) in [4.78, 5) is 12.8. The standard InChI is InChI=1S/C20H12F3IO/c21-20(22,23)15-11-9-13(10-12-15)18-16(7-4-8-17(18)24)19(25)14-5-2-1-3-6-14/h1-12H. The molecule has 0 aliphatic heterocycles. The average Bonchev–Trinajstić information content (AvgIpc) is 2.61. The monoisotopic (exact) mass is 452 g/mol. The number of halogens is 4. The van der Waals surface area contributed by atoms with Crippen LogP contribution < -0.4 is 0 Å². The normalized spacial score (nSPS) is 11.4. The average molecular weight is 452 g/mol. The number of alkyl halides is 3. The van der Waals surface area contributed by atoms with E-state index in [1.807, 2.05) is 12.1 Å². The third-order valence-electron chi connectivity index (χ3n) is 3.80. The molecule has 3 aromatic rings. The maximum absolute atomic E-state index is 12.8. The molecule has 3 aromatic carbocycles. The number of rotatable bonds is 3. The molecule has 0 aliphatic carbocycles. The van der Waals surface area contributed by atoms with E-state index in [-0.39, 0.29) is 5.78 Å². The minimum absolute atomic E-state index is 0.158. The van der Waals surface area contributed by atoms with Gasteiger partial charge in [-0.25, -0.2) is 0 Å². The minimum Gasteiger partial charge on any atom is -0.289 e. The van der Waals surface area contributed by atoms with E-state index in [9.17, 15) is 18.0 Å². The van der Waals surface area contributed by atoms with Crippen molar-refractivity contribution in [3.63, 3.8) is 0 Å². The van der Waals surface area contributed by atoms with Crippen molar-refractivity contribution < 1.29 is 18.0 Å². The van der Waals surface area contributed by atoms with E-state index < -0.39 is 11.7 Å². The molecule has 0 amide bonds. The molecule has 0 saturated carbocycles. The second-order valence-corrected chi connectivity index (χ2v) is 6.59. The Labute approximate surface area is 156 Å². The van der Waals surface area contributed by atoms with Gasteiger partial charge < -0.3 is 0 Å². The van der Waals surface area contributed by atoms with Crippen LogP contribution in [-0.2, 0) is 6.18 Å². The van der Waals surface area contributed by atoms with Crippen molar-refractivity contribution in [1.29, 1.82) is 0 Å². The van der Waals surface area contributed by atoms with Gasteiger partial charge in [0.15, 0.2) is 5.78 Å². The Hall–Kier alpha value is -2.15. The molecule has 0 unspecified atom stereocenters. The van der Waals surface area contributed by atoms with E-state index in [1.54, 1.807) is 36.4 Å². The summed E-state index contributed by atoms with van der Waals surface area (Å²) < 4.78 is 39.1. The molecule has 0 N–H and O–H groups in total. The van der Waals surface area contributed by atoms with Crippen LogP contribution in [0.2, 0.25) is 0 Å². The molecule has 0 heterocycles. The zero-order chi connectivity index (χ0) is 18.0. The fourth-order valence-corrected chi connectivity index (χ4v) is 3.39. The number of carbonyl (C=O) groups is 1. The van der Waals surface area contributed by atoms with Gasteiger partial charge in [0.25, 0.3) is 0 Å². The van der Waals surface area contributed by atoms with Gasteiger partial charge in [-0.2, -0.15) is 13.2 Å². The SMILES string of the molecule is O=C(c1ccccc1)c1cccc(I)c1-c1ccc(C(F)(F)F)cc1. The van der Waals surface area contributed by atoms with Crippen molar-refractivity contribution in [3.05, 3.63) is 93.1 Å². The van der Waals surface area contributed by atoms with Crippen LogP contribution in [0.5, 0.6) is 0 Å². The molecule has 25 heavy (non-hydrogen) atoms. The number of ketones is 1. The van der Waals surface area contributed by atoms with E-state index in [0.717, 1.165) is 15.7 Å². The molecule has 0 atom stereocenters. The van der Waals surface area contributed by atoms with Crippen molar-refractivity contribution in [1.82, 2.24) is 0 Å². The highest BCUT2D eigenvalue weighted by atomic mass is 127. The Bertz CT molecular complexity index is 900. The van der Waals surface area contributed by atoms with Gasteiger partial charge in [0.2, 0.25) is 0 Å². The topological polar surface area (TPSA) is 17.1 Å². The Morgan fingerprint density at radius 3 is 2.04 bits per heavy atom. The molecule has 3 rings (SSSR count). The largest absolute Gasteiger partial charge is 0.416 e. The highest BCUT2D eigenvalue weighted by Gasteiger charge is 2.30. The van der Waals surface area contributed by atoms with Gasteiger partial charge in [-0.15, -0.1) is 0 Å². The van der Waals surface area contributed by atoms with Crippen molar-refractivity contribution in [2.45, 2.75) is 6.18 Å². The second-order valence-electron chi connectivity index (χ2n) is 5.43. The van der Waals surface area contributed by atoms with E-state index in [0.29, 0.717) is 22.3 Å². The first-order valence-electron chi connectivity index (χ1n) is 7.44. The maximum Gasteiger partial charge on any atom is 0.416 e. The van der Waals surface area contributed by atoms with Gasteiger partial charge in [-0.1, -0.05) is 54.6 Å². The van der Waals surface area contributed by atoms with Gasteiger partial charge in [0, 0.05) is 20.3 Å². The molecular formula is C20H12F3IO. The fraction of sp³-hybridized carbons (Fsp3) is 0.0500. The highest BCUT2D eigenvalue weighted by molar-refractivity contribution is 14.1. The molecule has 0 bridgehead atoms. The van der Waals surface area contributed by atoms with Crippen LogP contribution in [0, 0.1) is 3.57 Å². The summed E-state index contributed by atoms with van der Waals surface area (Å²) in [6, 6.07) is 19.0. The van der Waals surface area contributed by atoms with Crippen LogP contribution in [0.4, 0.5) is 13.2 Å². The molecule has 0 fully saturated rings. The third-order valence-corrected chi connectivity index (χ3v) is 4.69. The summed E-state index contributed by atoms with van der Waals surface area (Å²) >= 11 is 2.09. The van der Waals surface area contributed by atoms with Crippen molar-refractivity contribution in [2.75, 3.05) is 0 Å². The smallest absolute Gasteiger partial charge is 0.289 e. The molecule has 0 aromatic heterocycles. The highest BCUT2D eigenvalue weighted by Crippen LogP contribution is 2.34. The quantitative estimate of drug-likeness (QED) is 0.341. The zero-order valence-electron chi connectivity index (χ0n) is 12.8. The molecule has 0 aliphatic rings. The van der Waals surface area contributed by atoms with Gasteiger partial charge >= 0.3 is 6.18 Å². The minimum atomic E-state index is -4.38. The third kappa shape index (κ3) is 3.76. The maximum atomic E-state index is 12.8. The molecular weight excluding hydrogens is 440 g/mol. The molecule has 126 valence electrons. The van der Waals surface area contributed by atoms with Crippen LogP contribution >= 0.6 is 22.6 Å². The van der Waals surface area contributed by atoms with Crippen LogP contribution in [0.15, 0.2) is 72.8 Å². The van der Waals surface area contributed by atoms with E-state index in [4.69, 9.17) is 0 Å². The first-order chi connectivity index (χ1) is 11.9. The summed E-state index contributed by atoms with van der Waals surface area (Å²) in [7, 11) is 0. The lowest BCUT2D eigenvalue weighted by molar-refractivity contribution is -0.137. The van der Waals surface area contributed by atoms with Crippen LogP contribution in [0.25, 0.3) is 11.1 Å². The first kappa shape index (κ1) is 17.7. The van der Waals surface area contributed by atoms with Crippen molar-refractivity contribution in [2.24, 2.45) is 0 Å². The fourth-order valence-electron chi connectivity index (χ4n) is 2.58. The van der Waals surface area contributed by atoms with Crippen molar-refractivity contribution in [3.8, 4) is 11.1 Å². The molecule has 5 heteroatoms. The summed E-state index contributed by atoms with van der Waals surface area (Å²) in [5.41, 5.74) is 1.52. The van der Waals surface area contributed by atoms with E-state index in [1.165, 1.54) is 12.1 Å². The van der Waals surface area contributed by atoms with Crippen LogP contribution in [-0.4, -0.2) is 5.78 Å². The summed E-state index contributed by atoms with van der Waals surface area (Å²) in [5.74, 6) is -0.158. The predicted octanol–water partition coefficient (Wildman–Crippen LogP) is 6.21.